The minimum absolute atomic E-state index is 0.0331. The molecule has 0 spiro atoms. The fourth-order valence-corrected chi connectivity index (χ4v) is 0.930. The van der Waals surface area contributed by atoms with Gasteiger partial charge in [0.05, 0.1) is 0 Å². The van der Waals surface area contributed by atoms with Crippen molar-refractivity contribution in [1.29, 1.82) is 0 Å². The summed E-state index contributed by atoms with van der Waals surface area (Å²) in [7, 11) is 1.39. The zero-order valence-corrected chi connectivity index (χ0v) is 7.49. The summed E-state index contributed by atoms with van der Waals surface area (Å²) in [6, 6.07) is 2.57. The van der Waals surface area contributed by atoms with Gasteiger partial charge in [-0.15, -0.1) is 0 Å². The van der Waals surface area contributed by atoms with Crippen LogP contribution in [0.5, 0.6) is 5.75 Å². The van der Waals surface area contributed by atoms with Crippen LogP contribution < -0.4 is 16.2 Å². The molecule has 0 aliphatic rings. The maximum atomic E-state index is 12.6. The number of aromatic hydroxyl groups is 1. The number of anilines is 1. The molecule has 6 heteroatoms. The van der Waals surface area contributed by atoms with Gasteiger partial charge in [0.1, 0.15) is 17.3 Å². The molecular formula is C8H10FN3O2. The summed E-state index contributed by atoms with van der Waals surface area (Å²) in [6.07, 6.45) is 0. The fraction of sp³-hybridized carbons (Fsp3) is 0.125. The van der Waals surface area contributed by atoms with E-state index in [4.69, 9.17) is 5.84 Å². The van der Waals surface area contributed by atoms with E-state index in [0.717, 1.165) is 12.1 Å². The summed E-state index contributed by atoms with van der Waals surface area (Å²) in [5.41, 5.74) is 0.0331. The highest BCUT2D eigenvalue weighted by Gasteiger charge is 2.13. The fourth-order valence-electron chi connectivity index (χ4n) is 0.930. The van der Waals surface area contributed by atoms with Crippen molar-refractivity contribution in [2.75, 3.05) is 12.1 Å². The SMILES string of the molecule is CNC(=O)N(N)c1ccc(F)cc1O. The Kier molecular flexibility index (Phi) is 2.88. The molecule has 5 nitrogen and oxygen atoms in total. The topological polar surface area (TPSA) is 78.6 Å². The number of carbonyl (C=O) groups is 1. The molecule has 2 amide bonds. The Balaban J connectivity index is 3.01. The number of nitrogens with one attached hydrogen (secondary N) is 1. The van der Waals surface area contributed by atoms with Gasteiger partial charge >= 0.3 is 6.03 Å². The number of hydrazine groups is 1. The van der Waals surface area contributed by atoms with E-state index in [-0.39, 0.29) is 5.69 Å². The normalized spacial score (nSPS) is 9.64. The van der Waals surface area contributed by atoms with Crippen LogP contribution in [0.2, 0.25) is 0 Å². The maximum Gasteiger partial charge on any atom is 0.336 e. The van der Waals surface area contributed by atoms with E-state index >= 15 is 0 Å². The third kappa shape index (κ3) is 1.91. The van der Waals surface area contributed by atoms with E-state index < -0.39 is 17.6 Å². The minimum Gasteiger partial charge on any atom is -0.506 e. The van der Waals surface area contributed by atoms with Crippen LogP contribution in [-0.4, -0.2) is 18.2 Å². The van der Waals surface area contributed by atoms with Crippen LogP contribution in [0.4, 0.5) is 14.9 Å². The number of carbonyl (C=O) groups excluding carboxylic acids is 1. The number of rotatable bonds is 1. The van der Waals surface area contributed by atoms with E-state index in [0.29, 0.717) is 5.01 Å². The zero-order chi connectivity index (χ0) is 10.7. The molecule has 0 bridgehead atoms. The van der Waals surface area contributed by atoms with Gasteiger partial charge in [-0.1, -0.05) is 0 Å². The minimum atomic E-state index is -0.605. The van der Waals surface area contributed by atoms with Gasteiger partial charge in [-0.3, -0.25) is 0 Å². The number of phenolic OH excluding ortho intramolecular Hbond substituents is 1. The Morgan fingerprint density at radius 2 is 2.29 bits per heavy atom. The molecule has 0 aliphatic carbocycles. The number of nitrogens with two attached hydrogens (primary N) is 1. The number of phenols is 1. The predicted molar refractivity (Wildman–Crippen MR) is 49.2 cm³/mol. The van der Waals surface area contributed by atoms with Crippen molar-refractivity contribution in [2.24, 2.45) is 5.84 Å². The van der Waals surface area contributed by atoms with Crippen LogP contribution in [0.25, 0.3) is 0 Å². The van der Waals surface area contributed by atoms with Crippen LogP contribution in [-0.2, 0) is 0 Å². The summed E-state index contributed by atoms with van der Waals surface area (Å²) in [4.78, 5) is 11.0. The smallest absolute Gasteiger partial charge is 0.336 e. The van der Waals surface area contributed by atoms with Gasteiger partial charge in [0.15, 0.2) is 0 Å². The summed E-state index contributed by atoms with van der Waals surface area (Å²) >= 11 is 0. The second-order valence-corrected chi connectivity index (χ2v) is 2.56. The highest BCUT2D eigenvalue weighted by molar-refractivity contribution is 5.91. The molecule has 0 unspecified atom stereocenters. The first-order valence-corrected chi connectivity index (χ1v) is 3.81. The van der Waals surface area contributed by atoms with E-state index in [9.17, 15) is 14.3 Å². The molecule has 0 radical (unpaired) electrons. The lowest BCUT2D eigenvalue weighted by atomic mass is 10.3. The monoisotopic (exact) mass is 199 g/mol. The zero-order valence-electron chi connectivity index (χ0n) is 7.49. The highest BCUT2D eigenvalue weighted by atomic mass is 19.1. The molecule has 0 fully saturated rings. The molecule has 14 heavy (non-hydrogen) atoms. The number of hydrogen-bond acceptors (Lipinski definition) is 3. The lowest BCUT2D eigenvalue weighted by Gasteiger charge is -2.16. The first kappa shape index (κ1) is 10.3. The van der Waals surface area contributed by atoms with Crippen molar-refractivity contribution < 1.29 is 14.3 Å². The average Bonchev–Trinajstić information content (AvgIpc) is 2.15. The standard InChI is InChI=1S/C8H10FN3O2/c1-11-8(14)12(10)6-3-2-5(9)4-7(6)13/h2-4,13H,10H2,1H3,(H,11,14). The number of nitrogens with zero attached hydrogens (tertiary/aromatic N) is 1. The third-order valence-electron chi connectivity index (χ3n) is 1.63. The van der Waals surface area contributed by atoms with E-state index in [2.05, 4.69) is 5.32 Å². The number of urea groups is 1. The molecule has 76 valence electrons. The van der Waals surface area contributed by atoms with E-state index in [1.54, 1.807) is 0 Å². The first-order valence-electron chi connectivity index (χ1n) is 3.81. The molecule has 0 heterocycles. The van der Waals surface area contributed by atoms with Gasteiger partial charge in [-0.05, 0) is 12.1 Å². The Morgan fingerprint density at radius 3 is 2.79 bits per heavy atom. The highest BCUT2D eigenvalue weighted by Crippen LogP contribution is 2.25. The van der Waals surface area contributed by atoms with Gasteiger partial charge < -0.3 is 10.4 Å². The summed E-state index contributed by atoms with van der Waals surface area (Å²) in [5, 5.41) is 12.2. The molecule has 0 aliphatic heterocycles. The Hall–Kier alpha value is -1.82. The van der Waals surface area contributed by atoms with Gasteiger partial charge in [0.25, 0.3) is 0 Å². The molecule has 0 saturated heterocycles. The molecular weight excluding hydrogens is 189 g/mol. The second-order valence-electron chi connectivity index (χ2n) is 2.56. The van der Waals surface area contributed by atoms with Crippen molar-refractivity contribution in [1.82, 2.24) is 5.32 Å². The van der Waals surface area contributed by atoms with Gasteiger partial charge in [-0.2, -0.15) is 0 Å². The molecule has 4 N–H and O–H groups in total. The predicted octanol–water partition coefficient (Wildman–Crippen LogP) is 0.551. The molecule has 1 aromatic carbocycles. The number of halogens is 1. The van der Waals surface area contributed by atoms with Crippen LogP contribution >= 0.6 is 0 Å². The van der Waals surface area contributed by atoms with Crippen molar-refractivity contribution >= 4 is 11.7 Å². The quantitative estimate of drug-likeness (QED) is 0.351. The van der Waals surface area contributed by atoms with Crippen LogP contribution in [0.1, 0.15) is 0 Å². The maximum absolute atomic E-state index is 12.6. The van der Waals surface area contributed by atoms with Gasteiger partial charge in [0, 0.05) is 13.1 Å². The number of hydrogen-bond donors (Lipinski definition) is 3. The summed E-state index contributed by atoms with van der Waals surface area (Å²) in [5.74, 6) is 4.35. The van der Waals surface area contributed by atoms with E-state index in [1.165, 1.54) is 13.1 Å². The summed E-state index contributed by atoms with van der Waals surface area (Å²) < 4.78 is 12.6. The third-order valence-corrected chi connectivity index (χ3v) is 1.63. The van der Waals surface area contributed by atoms with Crippen molar-refractivity contribution in [2.45, 2.75) is 0 Å². The Morgan fingerprint density at radius 1 is 1.64 bits per heavy atom. The van der Waals surface area contributed by atoms with Crippen LogP contribution in [0, 0.1) is 5.82 Å². The van der Waals surface area contributed by atoms with Gasteiger partial charge in [-0.25, -0.2) is 20.0 Å². The van der Waals surface area contributed by atoms with Gasteiger partial charge in [0.2, 0.25) is 0 Å². The molecule has 0 saturated carbocycles. The average molecular weight is 199 g/mol. The largest absolute Gasteiger partial charge is 0.506 e. The van der Waals surface area contributed by atoms with Crippen molar-refractivity contribution in [3.05, 3.63) is 24.0 Å². The molecule has 0 aromatic heterocycles. The molecule has 1 rings (SSSR count). The lowest BCUT2D eigenvalue weighted by Crippen LogP contribution is -2.43. The number of benzene rings is 1. The number of amides is 2. The first-order chi connectivity index (χ1) is 6.56. The molecule has 0 atom stereocenters. The van der Waals surface area contributed by atoms with Crippen LogP contribution in [0.15, 0.2) is 18.2 Å². The van der Waals surface area contributed by atoms with Crippen molar-refractivity contribution in [3.63, 3.8) is 0 Å². The van der Waals surface area contributed by atoms with Crippen molar-refractivity contribution in [3.8, 4) is 5.75 Å². The van der Waals surface area contributed by atoms with Crippen LogP contribution in [0.3, 0.4) is 0 Å². The Labute approximate surface area is 79.9 Å². The van der Waals surface area contributed by atoms with E-state index in [1.807, 2.05) is 0 Å². The second kappa shape index (κ2) is 3.93. The lowest BCUT2D eigenvalue weighted by molar-refractivity contribution is 0.248. The molecule has 1 aromatic rings. The summed E-state index contributed by atoms with van der Waals surface area (Å²) in [6.45, 7) is 0. The Bertz CT molecular complexity index is 356.